The molecule has 1 aliphatic rings. The molecule has 1 aliphatic heterocycles. The van der Waals surface area contributed by atoms with Gasteiger partial charge in [-0.15, -0.1) is 0 Å². The van der Waals surface area contributed by atoms with Crippen molar-refractivity contribution in [3.8, 4) is 0 Å². The average molecular weight is 184 g/mol. The third-order valence-corrected chi connectivity index (χ3v) is 3.50. The van der Waals surface area contributed by atoms with Crippen LogP contribution in [0.2, 0.25) is 0 Å². The molecule has 1 saturated heterocycles. The van der Waals surface area contributed by atoms with E-state index >= 15 is 0 Å². The first-order valence-corrected chi connectivity index (χ1v) is 5.60. The highest BCUT2D eigenvalue weighted by atomic mass is 15.2. The molecule has 78 valence electrons. The van der Waals surface area contributed by atoms with Crippen molar-refractivity contribution in [3.63, 3.8) is 0 Å². The number of hydrogen-bond acceptors (Lipinski definition) is 2. The number of rotatable bonds is 3. The Morgan fingerprint density at radius 3 is 2.69 bits per heavy atom. The average Bonchev–Trinajstić information content (AvgIpc) is 2.17. The molecule has 0 spiro atoms. The van der Waals surface area contributed by atoms with Gasteiger partial charge in [-0.1, -0.05) is 13.8 Å². The van der Waals surface area contributed by atoms with Crippen LogP contribution in [0, 0.1) is 0 Å². The van der Waals surface area contributed by atoms with E-state index in [2.05, 4.69) is 37.9 Å². The predicted octanol–water partition coefficient (Wildman–Crippen LogP) is 1.86. The fourth-order valence-corrected chi connectivity index (χ4v) is 1.96. The van der Waals surface area contributed by atoms with E-state index in [9.17, 15) is 0 Å². The van der Waals surface area contributed by atoms with Crippen LogP contribution >= 0.6 is 0 Å². The quantitative estimate of drug-likeness (QED) is 0.720. The van der Waals surface area contributed by atoms with E-state index in [1.54, 1.807) is 0 Å². The van der Waals surface area contributed by atoms with Crippen molar-refractivity contribution in [1.29, 1.82) is 0 Å². The van der Waals surface area contributed by atoms with Crippen molar-refractivity contribution in [1.82, 2.24) is 10.2 Å². The van der Waals surface area contributed by atoms with Gasteiger partial charge in [0.05, 0.1) is 0 Å². The van der Waals surface area contributed by atoms with Crippen LogP contribution in [0.15, 0.2) is 0 Å². The van der Waals surface area contributed by atoms with E-state index < -0.39 is 0 Å². The molecule has 1 rings (SSSR count). The monoisotopic (exact) mass is 184 g/mol. The summed E-state index contributed by atoms with van der Waals surface area (Å²) in [6, 6.07) is 0.743. The summed E-state index contributed by atoms with van der Waals surface area (Å²) in [6.07, 6.45) is 2.49. The highest BCUT2D eigenvalue weighted by Crippen LogP contribution is 2.17. The van der Waals surface area contributed by atoms with Crippen LogP contribution in [0.1, 0.15) is 40.5 Å². The lowest BCUT2D eigenvalue weighted by molar-refractivity contribution is 0.103. The van der Waals surface area contributed by atoms with Crippen LogP contribution in [0.25, 0.3) is 0 Å². The largest absolute Gasteiger partial charge is 0.309 e. The van der Waals surface area contributed by atoms with Crippen LogP contribution in [-0.2, 0) is 0 Å². The summed E-state index contributed by atoms with van der Waals surface area (Å²) >= 11 is 0. The van der Waals surface area contributed by atoms with Crippen LogP contribution < -0.4 is 5.32 Å². The maximum atomic E-state index is 3.61. The van der Waals surface area contributed by atoms with Crippen LogP contribution in [0.3, 0.4) is 0 Å². The van der Waals surface area contributed by atoms with Gasteiger partial charge in [-0.2, -0.15) is 0 Å². The number of hydrogen-bond donors (Lipinski definition) is 1. The molecule has 2 heteroatoms. The van der Waals surface area contributed by atoms with Gasteiger partial charge < -0.3 is 5.32 Å². The van der Waals surface area contributed by atoms with E-state index in [1.165, 1.54) is 25.9 Å². The summed E-state index contributed by atoms with van der Waals surface area (Å²) in [5, 5.41) is 3.61. The van der Waals surface area contributed by atoms with Gasteiger partial charge in [0.25, 0.3) is 0 Å². The van der Waals surface area contributed by atoms with Crippen LogP contribution in [-0.4, -0.2) is 36.1 Å². The number of piperazine rings is 1. The molecule has 0 aromatic heterocycles. The minimum atomic E-state index is 0.349. The van der Waals surface area contributed by atoms with E-state index in [4.69, 9.17) is 0 Å². The zero-order valence-corrected chi connectivity index (χ0v) is 9.56. The number of nitrogens with zero attached hydrogens (tertiary/aromatic N) is 1. The Balaban J connectivity index is 2.51. The minimum Gasteiger partial charge on any atom is -0.309 e. The highest BCUT2D eigenvalue weighted by Gasteiger charge is 2.29. The van der Waals surface area contributed by atoms with E-state index in [-0.39, 0.29) is 0 Å². The molecule has 0 aromatic carbocycles. The number of nitrogens with one attached hydrogen (secondary N) is 1. The molecule has 1 fully saturated rings. The minimum absolute atomic E-state index is 0.349. The van der Waals surface area contributed by atoms with Crippen molar-refractivity contribution in [3.05, 3.63) is 0 Å². The highest BCUT2D eigenvalue weighted by molar-refractivity contribution is 4.90. The van der Waals surface area contributed by atoms with E-state index in [1.807, 2.05) is 0 Å². The van der Waals surface area contributed by atoms with Gasteiger partial charge in [0.1, 0.15) is 0 Å². The van der Waals surface area contributed by atoms with Gasteiger partial charge in [0, 0.05) is 31.2 Å². The molecule has 0 aliphatic carbocycles. The molecular formula is C11H24N2. The van der Waals surface area contributed by atoms with Gasteiger partial charge in [0.15, 0.2) is 0 Å². The molecule has 1 N–H and O–H groups in total. The van der Waals surface area contributed by atoms with Crippen molar-refractivity contribution in [2.45, 2.75) is 52.1 Å². The van der Waals surface area contributed by atoms with Gasteiger partial charge >= 0.3 is 0 Å². The molecule has 13 heavy (non-hydrogen) atoms. The van der Waals surface area contributed by atoms with Gasteiger partial charge in [0.2, 0.25) is 0 Å². The Morgan fingerprint density at radius 2 is 2.15 bits per heavy atom. The smallest absolute Gasteiger partial charge is 0.0278 e. The Hall–Kier alpha value is -0.0800. The predicted molar refractivity (Wildman–Crippen MR) is 58.0 cm³/mol. The normalized spacial score (nSPS) is 33.2. The first-order valence-electron chi connectivity index (χ1n) is 5.60. The van der Waals surface area contributed by atoms with Crippen molar-refractivity contribution in [2.75, 3.05) is 19.6 Å². The van der Waals surface area contributed by atoms with E-state index in [0.29, 0.717) is 5.54 Å². The van der Waals surface area contributed by atoms with Crippen molar-refractivity contribution in [2.24, 2.45) is 0 Å². The Morgan fingerprint density at radius 1 is 1.46 bits per heavy atom. The molecular weight excluding hydrogens is 160 g/mol. The Labute approximate surface area is 82.7 Å². The molecule has 0 bridgehead atoms. The standard InChI is InChI=1S/C11H24N2/c1-5-10(3)13-8-7-12-11(4,6-2)9-13/h10,12H,5-9H2,1-4H3. The molecule has 2 unspecified atom stereocenters. The van der Waals surface area contributed by atoms with Gasteiger partial charge in [-0.05, 0) is 26.7 Å². The fourth-order valence-electron chi connectivity index (χ4n) is 1.96. The fraction of sp³-hybridized carbons (Fsp3) is 1.00. The van der Waals surface area contributed by atoms with Gasteiger partial charge in [-0.3, -0.25) is 4.90 Å². The van der Waals surface area contributed by atoms with Crippen molar-refractivity contribution < 1.29 is 0 Å². The van der Waals surface area contributed by atoms with Crippen LogP contribution in [0.5, 0.6) is 0 Å². The second-order valence-electron chi connectivity index (χ2n) is 4.57. The maximum absolute atomic E-state index is 3.61. The summed E-state index contributed by atoms with van der Waals surface area (Å²) in [6.45, 7) is 12.8. The zero-order chi connectivity index (χ0) is 9.90. The first kappa shape index (κ1) is 11.0. The molecule has 2 nitrogen and oxygen atoms in total. The molecule has 0 aromatic rings. The molecule has 0 saturated carbocycles. The lowest BCUT2D eigenvalue weighted by Crippen LogP contribution is -2.60. The third kappa shape index (κ3) is 2.68. The summed E-state index contributed by atoms with van der Waals surface area (Å²) in [5.41, 5.74) is 0.349. The Bertz CT molecular complexity index is 158. The Kier molecular flexibility index (Phi) is 3.74. The van der Waals surface area contributed by atoms with Crippen LogP contribution in [0.4, 0.5) is 0 Å². The summed E-state index contributed by atoms with van der Waals surface area (Å²) in [4.78, 5) is 2.61. The van der Waals surface area contributed by atoms with E-state index in [0.717, 1.165) is 12.6 Å². The SMILES string of the molecule is CCC(C)N1CCNC(C)(CC)C1. The third-order valence-electron chi connectivity index (χ3n) is 3.50. The van der Waals surface area contributed by atoms with Gasteiger partial charge in [-0.25, -0.2) is 0 Å². The molecule has 2 atom stereocenters. The summed E-state index contributed by atoms with van der Waals surface area (Å²) in [7, 11) is 0. The zero-order valence-electron chi connectivity index (χ0n) is 9.56. The maximum Gasteiger partial charge on any atom is 0.0278 e. The second kappa shape index (κ2) is 4.43. The molecule has 0 radical (unpaired) electrons. The lowest BCUT2D eigenvalue weighted by atomic mass is 9.95. The summed E-state index contributed by atoms with van der Waals surface area (Å²) in [5.74, 6) is 0. The first-order chi connectivity index (χ1) is 6.11. The molecule has 1 heterocycles. The molecule has 0 amide bonds. The topological polar surface area (TPSA) is 15.3 Å². The second-order valence-corrected chi connectivity index (χ2v) is 4.57. The lowest BCUT2D eigenvalue weighted by Gasteiger charge is -2.43. The van der Waals surface area contributed by atoms with Crippen molar-refractivity contribution >= 4 is 0 Å². The summed E-state index contributed by atoms with van der Waals surface area (Å²) < 4.78 is 0.